The van der Waals surface area contributed by atoms with Crippen LogP contribution >= 0.6 is 0 Å². The standard InChI is InChI=1S/C12H11F2NO2/c1-12(5-10(16)15-11(17)6-12)8-3-2-7(13)4-9(8)14/h2-4H,5-6H2,1H3,(H,15,16,17). The van der Waals surface area contributed by atoms with Gasteiger partial charge in [-0.25, -0.2) is 8.78 Å². The van der Waals surface area contributed by atoms with E-state index in [2.05, 4.69) is 5.32 Å². The van der Waals surface area contributed by atoms with Crippen molar-refractivity contribution in [3.05, 3.63) is 35.4 Å². The van der Waals surface area contributed by atoms with Crippen molar-refractivity contribution >= 4 is 11.8 Å². The average molecular weight is 239 g/mol. The third kappa shape index (κ3) is 2.18. The number of piperidine rings is 1. The molecule has 5 heteroatoms. The van der Waals surface area contributed by atoms with E-state index in [1.165, 1.54) is 6.07 Å². The Balaban J connectivity index is 2.43. The molecule has 0 bridgehead atoms. The van der Waals surface area contributed by atoms with E-state index in [1.54, 1.807) is 6.92 Å². The van der Waals surface area contributed by atoms with Gasteiger partial charge in [-0.15, -0.1) is 0 Å². The van der Waals surface area contributed by atoms with Gasteiger partial charge in [0.2, 0.25) is 11.8 Å². The Labute approximate surface area is 96.8 Å². The molecule has 0 spiro atoms. The monoisotopic (exact) mass is 239 g/mol. The Morgan fingerprint density at radius 2 is 1.76 bits per heavy atom. The van der Waals surface area contributed by atoms with Crippen molar-refractivity contribution in [3.63, 3.8) is 0 Å². The van der Waals surface area contributed by atoms with Crippen LogP contribution in [-0.2, 0) is 15.0 Å². The number of imide groups is 1. The minimum Gasteiger partial charge on any atom is -0.296 e. The number of carbonyl (C=O) groups excluding carboxylic acids is 2. The van der Waals surface area contributed by atoms with Gasteiger partial charge in [0.15, 0.2) is 0 Å². The molecule has 0 aliphatic carbocycles. The number of amides is 2. The quantitative estimate of drug-likeness (QED) is 0.757. The summed E-state index contributed by atoms with van der Waals surface area (Å²) in [6.45, 7) is 1.62. The summed E-state index contributed by atoms with van der Waals surface area (Å²) in [6.07, 6.45) is 0.0303. The molecule has 17 heavy (non-hydrogen) atoms. The molecule has 1 heterocycles. The molecule has 90 valence electrons. The summed E-state index contributed by atoms with van der Waals surface area (Å²) in [5.41, 5.74) is -0.709. The van der Waals surface area contributed by atoms with Gasteiger partial charge in [-0.3, -0.25) is 14.9 Å². The Morgan fingerprint density at radius 3 is 2.29 bits per heavy atom. The highest BCUT2D eigenvalue weighted by molar-refractivity contribution is 5.99. The second-order valence-electron chi connectivity index (χ2n) is 4.51. The first-order valence-corrected chi connectivity index (χ1v) is 5.19. The van der Waals surface area contributed by atoms with Crippen molar-refractivity contribution in [2.75, 3.05) is 0 Å². The molecule has 1 fully saturated rings. The SMILES string of the molecule is CC1(c2ccc(F)cc2F)CC(=O)NC(=O)C1. The molecular formula is C12H11F2NO2. The van der Waals surface area contributed by atoms with Crippen molar-refractivity contribution in [2.24, 2.45) is 0 Å². The normalized spacial score (nSPS) is 19.0. The van der Waals surface area contributed by atoms with Gasteiger partial charge in [-0.1, -0.05) is 13.0 Å². The van der Waals surface area contributed by atoms with Crippen molar-refractivity contribution in [1.29, 1.82) is 0 Å². The summed E-state index contributed by atoms with van der Waals surface area (Å²) in [5.74, 6) is -2.28. The minimum absolute atomic E-state index is 0.0152. The lowest BCUT2D eigenvalue weighted by Crippen LogP contribution is -2.45. The van der Waals surface area contributed by atoms with E-state index in [4.69, 9.17) is 0 Å². The minimum atomic E-state index is -0.906. The summed E-state index contributed by atoms with van der Waals surface area (Å²) in [7, 11) is 0. The number of carbonyl (C=O) groups is 2. The molecule has 3 nitrogen and oxygen atoms in total. The molecule has 2 rings (SSSR count). The molecule has 1 saturated heterocycles. The van der Waals surface area contributed by atoms with Gasteiger partial charge in [0.05, 0.1) is 0 Å². The summed E-state index contributed by atoms with van der Waals surface area (Å²) < 4.78 is 26.5. The third-order valence-electron chi connectivity index (χ3n) is 2.96. The van der Waals surface area contributed by atoms with Crippen molar-refractivity contribution in [3.8, 4) is 0 Å². The van der Waals surface area contributed by atoms with Gasteiger partial charge in [-0.05, 0) is 11.6 Å². The maximum absolute atomic E-state index is 13.7. The Bertz CT molecular complexity index is 483. The fourth-order valence-electron chi connectivity index (χ4n) is 2.18. The highest BCUT2D eigenvalue weighted by Crippen LogP contribution is 2.35. The van der Waals surface area contributed by atoms with Crippen LogP contribution < -0.4 is 5.32 Å². The van der Waals surface area contributed by atoms with Crippen molar-refractivity contribution in [1.82, 2.24) is 5.32 Å². The van der Waals surface area contributed by atoms with Crippen LogP contribution in [0.1, 0.15) is 25.3 Å². The Hall–Kier alpha value is -1.78. The van der Waals surface area contributed by atoms with Crippen LogP contribution in [0.2, 0.25) is 0 Å². The van der Waals surface area contributed by atoms with Crippen LogP contribution in [-0.4, -0.2) is 11.8 Å². The highest BCUT2D eigenvalue weighted by Gasteiger charge is 2.38. The Morgan fingerprint density at radius 1 is 1.18 bits per heavy atom. The van der Waals surface area contributed by atoms with Crippen LogP contribution in [0.15, 0.2) is 18.2 Å². The topological polar surface area (TPSA) is 46.2 Å². The lowest BCUT2D eigenvalue weighted by molar-refractivity contribution is -0.135. The molecular weight excluding hydrogens is 228 g/mol. The van der Waals surface area contributed by atoms with Crippen molar-refractivity contribution < 1.29 is 18.4 Å². The maximum Gasteiger partial charge on any atom is 0.227 e. The predicted octanol–water partition coefficient (Wildman–Crippen LogP) is 1.66. The summed E-state index contributed by atoms with van der Waals surface area (Å²) in [4.78, 5) is 22.6. The second-order valence-corrected chi connectivity index (χ2v) is 4.51. The molecule has 0 aromatic heterocycles. The van der Waals surface area contributed by atoms with Gasteiger partial charge >= 0.3 is 0 Å². The lowest BCUT2D eigenvalue weighted by Gasteiger charge is -2.32. The molecule has 1 aliphatic heterocycles. The van der Waals surface area contributed by atoms with Crippen molar-refractivity contribution in [2.45, 2.75) is 25.2 Å². The summed E-state index contributed by atoms with van der Waals surface area (Å²) in [6, 6.07) is 3.18. The fraction of sp³-hybridized carbons (Fsp3) is 0.333. The largest absolute Gasteiger partial charge is 0.296 e. The van der Waals surface area contributed by atoms with E-state index < -0.39 is 28.9 Å². The molecule has 0 unspecified atom stereocenters. The Kier molecular flexibility index (Phi) is 2.69. The predicted molar refractivity (Wildman–Crippen MR) is 56.1 cm³/mol. The van der Waals surface area contributed by atoms with Crippen LogP contribution in [0, 0.1) is 11.6 Å². The maximum atomic E-state index is 13.7. The number of hydrogen-bond donors (Lipinski definition) is 1. The zero-order valence-corrected chi connectivity index (χ0v) is 9.22. The molecule has 0 radical (unpaired) electrons. The van der Waals surface area contributed by atoms with Crippen LogP contribution in [0.4, 0.5) is 8.78 Å². The van der Waals surface area contributed by atoms with E-state index in [9.17, 15) is 18.4 Å². The van der Waals surface area contributed by atoms with Gasteiger partial charge in [0.1, 0.15) is 11.6 Å². The van der Waals surface area contributed by atoms with Gasteiger partial charge < -0.3 is 0 Å². The zero-order chi connectivity index (χ0) is 12.6. The number of benzene rings is 1. The average Bonchev–Trinajstić information content (AvgIpc) is 2.13. The van der Waals surface area contributed by atoms with Crippen LogP contribution in [0.25, 0.3) is 0 Å². The van der Waals surface area contributed by atoms with Gasteiger partial charge in [0.25, 0.3) is 0 Å². The smallest absolute Gasteiger partial charge is 0.227 e. The van der Waals surface area contributed by atoms with Crippen LogP contribution in [0.3, 0.4) is 0 Å². The number of rotatable bonds is 1. The van der Waals surface area contributed by atoms with Crippen LogP contribution in [0.5, 0.6) is 0 Å². The van der Waals surface area contributed by atoms with E-state index in [0.29, 0.717) is 0 Å². The number of halogens is 2. The molecule has 1 N–H and O–H groups in total. The third-order valence-corrected chi connectivity index (χ3v) is 2.96. The first-order valence-electron chi connectivity index (χ1n) is 5.19. The zero-order valence-electron chi connectivity index (χ0n) is 9.22. The first-order chi connectivity index (χ1) is 7.90. The molecule has 1 aromatic carbocycles. The second kappa shape index (κ2) is 3.91. The van der Waals surface area contributed by atoms with E-state index in [0.717, 1.165) is 12.1 Å². The van der Waals surface area contributed by atoms with E-state index >= 15 is 0 Å². The van der Waals surface area contributed by atoms with E-state index in [1.807, 2.05) is 0 Å². The molecule has 1 aliphatic rings. The number of nitrogens with one attached hydrogen (secondary N) is 1. The fourth-order valence-corrected chi connectivity index (χ4v) is 2.18. The highest BCUT2D eigenvalue weighted by atomic mass is 19.1. The molecule has 0 atom stereocenters. The summed E-state index contributed by atoms with van der Waals surface area (Å²) >= 11 is 0. The molecule has 2 amide bonds. The van der Waals surface area contributed by atoms with E-state index in [-0.39, 0.29) is 18.4 Å². The van der Waals surface area contributed by atoms with Gasteiger partial charge in [-0.2, -0.15) is 0 Å². The number of hydrogen-bond acceptors (Lipinski definition) is 2. The molecule has 1 aromatic rings. The summed E-state index contributed by atoms with van der Waals surface area (Å²) in [5, 5.41) is 2.16. The molecule has 0 saturated carbocycles. The first kappa shape index (κ1) is 11.7. The van der Waals surface area contributed by atoms with Gasteiger partial charge in [0, 0.05) is 24.3 Å². The lowest BCUT2D eigenvalue weighted by atomic mass is 9.74.